The van der Waals surface area contributed by atoms with Gasteiger partial charge >= 0.3 is 6.18 Å². The van der Waals surface area contributed by atoms with Gasteiger partial charge in [-0.2, -0.15) is 13.2 Å². The predicted octanol–water partition coefficient (Wildman–Crippen LogP) is 4.02. The van der Waals surface area contributed by atoms with Crippen molar-refractivity contribution < 1.29 is 18.0 Å². The van der Waals surface area contributed by atoms with E-state index < -0.39 is 17.6 Å². The van der Waals surface area contributed by atoms with Gasteiger partial charge in [-0.25, -0.2) is 0 Å². The van der Waals surface area contributed by atoms with Crippen LogP contribution in [0.4, 0.5) is 24.5 Å². The lowest BCUT2D eigenvalue weighted by atomic mass is 10.1. The van der Waals surface area contributed by atoms with Crippen LogP contribution in [0.1, 0.15) is 5.56 Å². The number of hydrogen-bond acceptors (Lipinski definition) is 3. The fourth-order valence-corrected chi connectivity index (χ4v) is 2.54. The van der Waals surface area contributed by atoms with Crippen molar-refractivity contribution in [1.82, 2.24) is 0 Å². The summed E-state index contributed by atoms with van der Waals surface area (Å²) < 4.78 is 38.5. The Kier molecular flexibility index (Phi) is 4.97. The quantitative estimate of drug-likeness (QED) is 0.659. The highest BCUT2D eigenvalue weighted by atomic mass is 32.2. The van der Waals surface area contributed by atoms with Gasteiger partial charge in [0.25, 0.3) is 0 Å². The minimum Gasteiger partial charge on any atom is -0.399 e. The lowest BCUT2D eigenvalue weighted by Gasteiger charge is -2.13. The zero-order chi connectivity index (χ0) is 16.2. The van der Waals surface area contributed by atoms with E-state index in [0.29, 0.717) is 5.69 Å². The number of hydrogen-bond donors (Lipinski definition) is 2. The summed E-state index contributed by atoms with van der Waals surface area (Å²) in [6.45, 7) is 0. The molecular weight excluding hydrogens is 313 g/mol. The summed E-state index contributed by atoms with van der Waals surface area (Å²) in [6, 6.07) is 11.8. The van der Waals surface area contributed by atoms with Gasteiger partial charge in [-0.15, -0.1) is 11.8 Å². The molecule has 0 heterocycles. The molecule has 0 aliphatic rings. The first-order valence-corrected chi connectivity index (χ1v) is 7.29. The van der Waals surface area contributed by atoms with E-state index >= 15 is 0 Å². The van der Waals surface area contributed by atoms with Gasteiger partial charge in [-0.1, -0.05) is 18.2 Å². The number of rotatable bonds is 4. The van der Waals surface area contributed by atoms with E-state index in [1.807, 2.05) is 0 Å². The van der Waals surface area contributed by atoms with Gasteiger partial charge in [0.15, 0.2) is 0 Å². The Morgan fingerprint density at radius 2 is 1.86 bits per heavy atom. The number of thioether (sulfide) groups is 1. The Balaban J connectivity index is 2.01. The van der Waals surface area contributed by atoms with E-state index in [2.05, 4.69) is 5.32 Å². The van der Waals surface area contributed by atoms with Gasteiger partial charge in [0.05, 0.1) is 17.0 Å². The molecule has 2 aromatic carbocycles. The molecule has 1 amide bonds. The molecule has 0 saturated heterocycles. The largest absolute Gasteiger partial charge is 0.418 e. The van der Waals surface area contributed by atoms with Crippen LogP contribution in [-0.4, -0.2) is 11.7 Å². The molecule has 0 radical (unpaired) electrons. The molecular formula is C15H13F3N2OS. The average Bonchev–Trinajstić information content (AvgIpc) is 2.45. The Bertz CT molecular complexity index is 674. The molecule has 0 aliphatic heterocycles. The second-order valence-electron chi connectivity index (χ2n) is 4.45. The summed E-state index contributed by atoms with van der Waals surface area (Å²) in [6.07, 6.45) is -4.51. The fourth-order valence-electron chi connectivity index (χ4n) is 1.78. The highest BCUT2D eigenvalue weighted by molar-refractivity contribution is 8.00. The Hall–Kier alpha value is -2.15. The molecule has 2 rings (SSSR count). The van der Waals surface area contributed by atoms with E-state index in [1.165, 1.54) is 30.0 Å². The van der Waals surface area contributed by atoms with Crippen molar-refractivity contribution in [2.24, 2.45) is 0 Å². The van der Waals surface area contributed by atoms with E-state index in [9.17, 15) is 18.0 Å². The van der Waals surface area contributed by atoms with Crippen molar-refractivity contribution in [2.45, 2.75) is 11.1 Å². The van der Waals surface area contributed by atoms with Gasteiger partial charge in [0, 0.05) is 10.6 Å². The lowest BCUT2D eigenvalue weighted by Crippen LogP contribution is -2.18. The monoisotopic (exact) mass is 326 g/mol. The standard InChI is InChI=1S/C15H13F3N2OS/c16-15(17,18)12-6-1-2-7-13(12)20-14(21)9-22-11-5-3-4-10(19)8-11/h1-8H,9,19H2,(H,20,21). The zero-order valence-corrected chi connectivity index (χ0v) is 12.2. The van der Waals surface area contributed by atoms with E-state index in [-0.39, 0.29) is 11.4 Å². The van der Waals surface area contributed by atoms with Gasteiger partial charge in [-0.05, 0) is 30.3 Å². The van der Waals surface area contributed by atoms with Crippen LogP contribution in [0.25, 0.3) is 0 Å². The highest BCUT2D eigenvalue weighted by Crippen LogP contribution is 2.34. The van der Waals surface area contributed by atoms with Crippen molar-refractivity contribution in [3.05, 3.63) is 54.1 Å². The predicted molar refractivity (Wildman–Crippen MR) is 81.7 cm³/mol. The number of para-hydroxylation sites is 1. The summed E-state index contributed by atoms with van der Waals surface area (Å²) in [5.41, 5.74) is 5.07. The number of carbonyl (C=O) groups excluding carboxylic acids is 1. The Morgan fingerprint density at radius 3 is 2.55 bits per heavy atom. The molecule has 116 valence electrons. The molecule has 3 nitrogen and oxygen atoms in total. The minimum absolute atomic E-state index is 0.00432. The number of nitrogens with two attached hydrogens (primary N) is 1. The maximum Gasteiger partial charge on any atom is 0.418 e. The van der Waals surface area contributed by atoms with Gasteiger partial charge in [-0.3, -0.25) is 4.79 Å². The number of carbonyl (C=O) groups is 1. The number of amides is 1. The molecule has 0 aliphatic carbocycles. The first-order valence-electron chi connectivity index (χ1n) is 6.30. The SMILES string of the molecule is Nc1cccc(SCC(=O)Nc2ccccc2C(F)(F)F)c1. The van der Waals surface area contributed by atoms with E-state index in [0.717, 1.165) is 11.0 Å². The van der Waals surface area contributed by atoms with Crippen LogP contribution in [0.3, 0.4) is 0 Å². The molecule has 0 bridgehead atoms. The molecule has 2 aromatic rings. The second kappa shape index (κ2) is 6.74. The van der Waals surface area contributed by atoms with Gasteiger partial charge < -0.3 is 11.1 Å². The van der Waals surface area contributed by atoms with Crippen molar-refractivity contribution in [3.8, 4) is 0 Å². The first kappa shape index (κ1) is 16.2. The second-order valence-corrected chi connectivity index (χ2v) is 5.50. The first-order chi connectivity index (χ1) is 10.4. The van der Waals surface area contributed by atoms with Crippen LogP contribution >= 0.6 is 11.8 Å². The lowest BCUT2D eigenvalue weighted by molar-refractivity contribution is -0.137. The number of anilines is 2. The van der Waals surface area contributed by atoms with Crippen LogP contribution in [0.2, 0.25) is 0 Å². The fraction of sp³-hybridized carbons (Fsp3) is 0.133. The van der Waals surface area contributed by atoms with Gasteiger partial charge in [0.1, 0.15) is 0 Å². The topological polar surface area (TPSA) is 55.1 Å². The maximum atomic E-state index is 12.8. The Morgan fingerprint density at radius 1 is 1.14 bits per heavy atom. The summed E-state index contributed by atoms with van der Waals surface area (Å²) >= 11 is 1.20. The van der Waals surface area contributed by atoms with Crippen LogP contribution < -0.4 is 11.1 Å². The number of nitrogen functional groups attached to an aromatic ring is 1. The average molecular weight is 326 g/mol. The molecule has 0 saturated carbocycles. The maximum absolute atomic E-state index is 12.8. The number of benzene rings is 2. The molecule has 0 atom stereocenters. The molecule has 0 unspecified atom stereocenters. The third-order valence-electron chi connectivity index (χ3n) is 2.73. The van der Waals surface area contributed by atoms with Crippen LogP contribution in [-0.2, 0) is 11.0 Å². The molecule has 22 heavy (non-hydrogen) atoms. The van der Waals surface area contributed by atoms with Crippen LogP contribution in [0.5, 0.6) is 0 Å². The van der Waals surface area contributed by atoms with Crippen molar-refractivity contribution in [2.75, 3.05) is 16.8 Å². The van der Waals surface area contributed by atoms with Crippen LogP contribution in [0, 0.1) is 0 Å². The van der Waals surface area contributed by atoms with Gasteiger partial charge in [0.2, 0.25) is 5.91 Å². The molecule has 0 fully saturated rings. The Labute approximate surface area is 129 Å². The molecule has 3 N–H and O–H groups in total. The number of alkyl halides is 3. The summed E-state index contributed by atoms with van der Waals surface area (Å²) in [5, 5.41) is 2.29. The normalized spacial score (nSPS) is 11.2. The van der Waals surface area contributed by atoms with E-state index in [1.54, 1.807) is 24.3 Å². The van der Waals surface area contributed by atoms with Crippen molar-refractivity contribution >= 4 is 29.0 Å². The highest BCUT2D eigenvalue weighted by Gasteiger charge is 2.33. The zero-order valence-electron chi connectivity index (χ0n) is 11.4. The van der Waals surface area contributed by atoms with Crippen molar-refractivity contribution in [1.29, 1.82) is 0 Å². The minimum atomic E-state index is -4.51. The van der Waals surface area contributed by atoms with E-state index in [4.69, 9.17) is 5.73 Å². The molecule has 0 aromatic heterocycles. The summed E-state index contributed by atoms with van der Waals surface area (Å²) in [4.78, 5) is 12.6. The smallest absolute Gasteiger partial charge is 0.399 e. The summed E-state index contributed by atoms with van der Waals surface area (Å²) in [7, 11) is 0. The van der Waals surface area contributed by atoms with Crippen LogP contribution in [0.15, 0.2) is 53.4 Å². The number of nitrogens with one attached hydrogen (secondary N) is 1. The summed E-state index contributed by atoms with van der Waals surface area (Å²) in [5.74, 6) is -0.514. The third-order valence-corrected chi connectivity index (χ3v) is 3.73. The van der Waals surface area contributed by atoms with Crippen molar-refractivity contribution in [3.63, 3.8) is 0 Å². The molecule has 0 spiro atoms. The third kappa shape index (κ3) is 4.42. The molecule has 7 heteroatoms. The number of halogens is 3.